The van der Waals surface area contributed by atoms with Gasteiger partial charge >= 0.3 is 0 Å². The quantitative estimate of drug-likeness (QED) is 0.816. The highest BCUT2D eigenvalue weighted by Gasteiger charge is 2.21. The molecule has 1 aliphatic carbocycles. The third kappa shape index (κ3) is 3.23. The van der Waals surface area contributed by atoms with E-state index in [1.54, 1.807) is 0 Å². The first-order valence-corrected chi connectivity index (χ1v) is 9.54. The number of aromatic nitrogens is 3. The van der Waals surface area contributed by atoms with Crippen LogP contribution in [-0.2, 0) is 24.2 Å². The van der Waals surface area contributed by atoms with Crippen LogP contribution in [0.2, 0.25) is 0 Å². The molecule has 1 amide bonds. The van der Waals surface area contributed by atoms with Crippen molar-refractivity contribution in [3.05, 3.63) is 34.0 Å². The second kappa shape index (κ2) is 7.15. The largest absolute Gasteiger partial charge is 0.339 e. The molecule has 1 aliphatic heterocycles. The number of pyridine rings is 1. The molecular formula is C19H25N5O2. The van der Waals surface area contributed by atoms with Gasteiger partial charge in [-0.2, -0.15) is 0 Å². The normalized spacial score (nSPS) is 18.1. The molecule has 0 unspecified atom stereocenters. The van der Waals surface area contributed by atoms with Crippen LogP contribution in [0.3, 0.4) is 0 Å². The minimum Gasteiger partial charge on any atom is -0.339 e. The van der Waals surface area contributed by atoms with Gasteiger partial charge in [0.05, 0.1) is 5.39 Å². The number of piperazine rings is 1. The molecular weight excluding hydrogens is 330 g/mol. The van der Waals surface area contributed by atoms with Crippen molar-refractivity contribution in [2.45, 2.75) is 39.2 Å². The Kier molecular flexibility index (Phi) is 4.72. The zero-order chi connectivity index (χ0) is 18.1. The molecule has 26 heavy (non-hydrogen) atoms. The summed E-state index contributed by atoms with van der Waals surface area (Å²) in [6, 6.07) is 1.94. The minimum absolute atomic E-state index is 0.0186. The van der Waals surface area contributed by atoms with Crippen LogP contribution in [0, 0.1) is 0 Å². The summed E-state index contributed by atoms with van der Waals surface area (Å²) in [6.45, 7) is 6.41. The summed E-state index contributed by atoms with van der Waals surface area (Å²) in [6.07, 6.45) is 5.66. The molecule has 0 bridgehead atoms. The Morgan fingerprint density at radius 2 is 1.92 bits per heavy atom. The number of carbonyl (C=O) groups is 1. The van der Waals surface area contributed by atoms with Gasteiger partial charge in [0.25, 0.3) is 5.56 Å². The Labute approximate surface area is 152 Å². The molecule has 0 aromatic carbocycles. The second-order valence-corrected chi connectivity index (χ2v) is 7.17. The Morgan fingerprint density at radius 1 is 1.15 bits per heavy atom. The molecule has 0 spiro atoms. The fraction of sp³-hybridized carbons (Fsp3) is 0.579. The Balaban J connectivity index is 1.56. The van der Waals surface area contributed by atoms with E-state index in [-0.39, 0.29) is 18.0 Å². The Hall–Kier alpha value is -2.28. The van der Waals surface area contributed by atoms with Gasteiger partial charge in [0.15, 0.2) is 5.65 Å². The van der Waals surface area contributed by atoms with Crippen LogP contribution in [0.4, 0.5) is 0 Å². The summed E-state index contributed by atoms with van der Waals surface area (Å²) in [5, 5.41) is 0.525. The van der Waals surface area contributed by atoms with E-state index in [2.05, 4.69) is 21.8 Å². The zero-order valence-electron chi connectivity index (χ0n) is 15.3. The van der Waals surface area contributed by atoms with Crippen LogP contribution < -0.4 is 5.56 Å². The standard InChI is InChI=1S/C19H25N5O2/c1-2-22-7-9-23(10-8-22)17(25)12-24-13-20-18-15(19(24)26)11-14-5-3-4-6-16(14)21-18/h11,13H,2-10,12H2,1H3. The number of aryl methyl sites for hydroxylation is 2. The molecule has 3 heterocycles. The van der Waals surface area contributed by atoms with Gasteiger partial charge in [-0.15, -0.1) is 0 Å². The number of fused-ring (bicyclic) bond motifs is 2. The van der Waals surface area contributed by atoms with Crippen molar-refractivity contribution >= 4 is 16.9 Å². The number of rotatable bonds is 3. The van der Waals surface area contributed by atoms with E-state index in [1.165, 1.54) is 10.9 Å². The SMILES string of the molecule is CCN1CCN(C(=O)Cn2cnc3nc4c(cc3c2=O)CCCC4)CC1. The third-order valence-corrected chi connectivity index (χ3v) is 5.57. The van der Waals surface area contributed by atoms with Crippen LogP contribution in [0.5, 0.6) is 0 Å². The molecule has 1 saturated heterocycles. The van der Waals surface area contributed by atoms with Crippen LogP contribution in [-0.4, -0.2) is 63.0 Å². The van der Waals surface area contributed by atoms with Gasteiger partial charge in [0, 0.05) is 31.9 Å². The number of likely N-dealkylation sites (N-methyl/N-ethyl adjacent to an activating group) is 1. The van der Waals surface area contributed by atoms with Crippen LogP contribution in [0.25, 0.3) is 11.0 Å². The summed E-state index contributed by atoms with van der Waals surface area (Å²) in [5.74, 6) is -0.0186. The molecule has 4 rings (SSSR count). The van der Waals surface area contributed by atoms with Gasteiger partial charge < -0.3 is 9.80 Å². The number of nitrogens with zero attached hydrogens (tertiary/aromatic N) is 5. The first kappa shape index (κ1) is 17.1. The van der Waals surface area contributed by atoms with E-state index in [1.807, 2.05) is 11.0 Å². The molecule has 2 aromatic rings. The van der Waals surface area contributed by atoms with Crippen LogP contribution >= 0.6 is 0 Å². The highest BCUT2D eigenvalue weighted by atomic mass is 16.2. The average molecular weight is 355 g/mol. The van der Waals surface area contributed by atoms with Crippen molar-refractivity contribution < 1.29 is 4.79 Å². The molecule has 0 radical (unpaired) electrons. The van der Waals surface area contributed by atoms with Gasteiger partial charge in [0.2, 0.25) is 5.91 Å². The van der Waals surface area contributed by atoms with E-state index in [0.29, 0.717) is 11.0 Å². The predicted molar refractivity (Wildman–Crippen MR) is 99.1 cm³/mol. The highest BCUT2D eigenvalue weighted by Crippen LogP contribution is 2.21. The summed E-state index contributed by atoms with van der Waals surface area (Å²) < 4.78 is 1.42. The predicted octanol–water partition coefficient (Wildman–Crippen LogP) is 0.834. The monoisotopic (exact) mass is 355 g/mol. The fourth-order valence-corrected chi connectivity index (χ4v) is 3.88. The molecule has 7 heteroatoms. The van der Waals surface area contributed by atoms with Gasteiger partial charge in [-0.05, 0) is 43.9 Å². The lowest BCUT2D eigenvalue weighted by atomic mass is 9.95. The van der Waals surface area contributed by atoms with Crippen molar-refractivity contribution in [3.8, 4) is 0 Å². The molecule has 1 fully saturated rings. The first-order chi connectivity index (χ1) is 12.7. The number of hydrogen-bond donors (Lipinski definition) is 0. The Morgan fingerprint density at radius 3 is 2.69 bits per heavy atom. The minimum atomic E-state index is -0.170. The zero-order valence-corrected chi connectivity index (χ0v) is 15.3. The lowest BCUT2D eigenvalue weighted by Gasteiger charge is -2.34. The first-order valence-electron chi connectivity index (χ1n) is 9.54. The van der Waals surface area contributed by atoms with Crippen molar-refractivity contribution in [2.24, 2.45) is 0 Å². The number of amides is 1. The smallest absolute Gasteiger partial charge is 0.263 e. The van der Waals surface area contributed by atoms with Crippen molar-refractivity contribution in [2.75, 3.05) is 32.7 Å². The van der Waals surface area contributed by atoms with E-state index in [4.69, 9.17) is 0 Å². The molecule has 2 aromatic heterocycles. The van der Waals surface area contributed by atoms with E-state index >= 15 is 0 Å². The highest BCUT2D eigenvalue weighted by molar-refractivity contribution is 5.78. The average Bonchev–Trinajstić information content (AvgIpc) is 2.69. The van der Waals surface area contributed by atoms with E-state index in [0.717, 1.165) is 69.7 Å². The maximum absolute atomic E-state index is 12.8. The summed E-state index contributed by atoms with van der Waals surface area (Å²) in [7, 11) is 0. The summed E-state index contributed by atoms with van der Waals surface area (Å²) in [5.41, 5.74) is 2.55. The van der Waals surface area contributed by atoms with Gasteiger partial charge in [-0.1, -0.05) is 6.92 Å². The lowest BCUT2D eigenvalue weighted by Crippen LogP contribution is -2.49. The van der Waals surface area contributed by atoms with E-state index < -0.39 is 0 Å². The topological polar surface area (TPSA) is 71.3 Å². The molecule has 0 N–H and O–H groups in total. The second-order valence-electron chi connectivity index (χ2n) is 7.17. The number of carbonyl (C=O) groups excluding carboxylic acids is 1. The summed E-state index contributed by atoms with van der Waals surface area (Å²) >= 11 is 0. The molecule has 0 saturated carbocycles. The van der Waals surface area contributed by atoms with Crippen LogP contribution in [0.1, 0.15) is 31.0 Å². The van der Waals surface area contributed by atoms with E-state index in [9.17, 15) is 9.59 Å². The summed E-state index contributed by atoms with van der Waals surface area (Å²) in [4.78, 5) is 38.5. The molecule has 7 nitrogen and oxygen atoms in total. The fourth-order valence-electron chi connectivity index (χ4n) is 3.88. The molecule has 138 valence electrons. The van der Waals surface area contributed by atoms with Crippen LogP contribution in [0.15, 0.2) is 17.2 Å². The molecule has 0 atom stereocenters. The van der Waals surface area contributed by atoms with Gasteiger partial charge in [-0.25, -0.2) is 9.97 Å². The third-order valence-electron chi connectivity index (χ3n) is 5.57. The maximum Gasteiger partial charge on any atom is 0.263 e. The van der Waals surface area contributed by atoms with Crippen molar-refractivity contribution in [3.63, 3.8) is 0 Å². The van der Waals surface area contributed by atoms with Crippen molar-refractivity contribution in [1.82, 2.24) is 24.3 Å². The maximum atomic E-state index is 12.8. The van der Waals surface area contributed by atoms with Gasteiger partial charge in [0.1, 0.15) is 12.9 Å². The van der Waals surface area contributed by atoms with Gasteiger partial charge in [-0.3, -0.25) is 14.2 Å². The Bertz CT molecular complexity index is 883. The number of hydrogen-bond acceptors (Lipinski definition) is 5. The van der Waals surface area contributed by atoms with Crippen molar-refractivity contribution in [1.29, 1.82) is 0 Å². The lowest BCUT2D eigenvalue weighted by molar-refractivity contribution is -0.133. The molecule has 2 aliphatic rings.